The Hall–Kier alpha value is 0.380. The van der Waals surface area contributed by atoms with E-state index < -0.39 is 10.1 Å². The number of hydrogen-bond donors (Lipinski definition) is 1. The van der Waals surface area contributed by atoms with Gasteiger partial charge in [0, 0.05) is 12.2 Å². The molecule has 0 radical (unpaired) electrons. The summed E-state index contributed by atoms with van der Waals surface area (Å²) in [6, 6.07) is 0. The largest absolute Gasteiger partial charge is 1.00 e. The number of amides is 1. The maximum atomic E-state index is 10.4. The first-order chi connectivity index (χ1) is 9.33. The number of nitrogens with two attached hydrogens (primary N) is 1. The summed E-state index contributed by atoms with van der Waals surface area (Å²) in [5.74, 6) is -0.472. The zero-order valence-corrected chi connectivity index (χ0v) is 16.7. The second-order valence-electron chi connectivity index (χ2n) is 4.89. The van der Waals surface area contributed by atoms with Crippen LogP contribution in [0.2, 0.25) is 0 Å². The van der Waals surface area contributed by atoms with Gasteiger partial charge in [0.1, 0.15) is 0 Å². The number of carbonyl (C=O) groups excluding carboxylic acids is 1. The van der Waals surface area contributed by atoms with Crippen molar-refractivity contribution in [3.8, 4) is 0 Å². The van der Waals surface area contributed by atoms with Gasteiger partial charge in [-0.3, -0.25) is 4.79 Å². The third-order valence-corrected chi connectivity index (χ3v) is 3.59. The molecule has 122 valence electrons. The fraction of sp³-hybridized carbons (Fsp3) is 0.929. The maximum Gasteiger partial charge on any atom is 1.00 e. The summed E-state index contributed by atoms with van der Waals surface area (Å²) < 4.78 is 28.3. The predicted octanol–water partition coefficient (Wildman–Crippen LogP) is -0.0519. The van der Waals surface area contributed by atoms with Crippen molar-refractivity contribution in [1.29, 1.82) is 0 Å². The molecule has 0 aliphatic heterocycles. The van der Waals surface area contributed by atoms with Gasteiger partial charge in [-0.05, 0) is 6.42 Å². The maximum absolute atomic E-state index is 10.4. The summed E-state index contributed by atoms with van der Waals surface area (Å²) in [4.78, 5) is 10.4. The average molecular weight is 331 g/mol. The molecule has 0 aromatic rings. The Morgan fingerprint density at radius 3 is 1.52 bits per heavy atom. The molecule has 0 aromatic heterocycles. The van der Waals surface area contributed by atoms with E-state index in [0.29, 0.717) is 6.42 Å². The summed E-state index contributed by atoms with van der Waals surface area (Å²) in [5.41, 5.74) is 5.05. The van der Waals surface area contributed by atoms with E-state index in [9.17, 15) is 17.8 Å². The van der Waals surface area contributed by atoms with Crippen molar-refractivity contribution in [3.63, 3.8) is 0 Å². The number of rotatable bonds is 11. The molecule has 0 heterocycles. The van der Waals surface area contributed by atoms with Crippen LogP contribution in [0.3, 0.4) is 0 Å². The van der Waals surface area contributed by atoms with Crippen molar-refractivity contribution < 1.29 is 47.3 Å². The van der Waals surface area contributed by atoms with Crippen molar-refractivity contribution in [2.24, 2.45) is 5.73 Å². The van der Waals surface area contributed by atoms with Gasteiger partial charge in [0.25, 0.3) is 0 Å². The standard InChI is InChI=1S/C12H25NO.C2H6O3S.Na/c1-2-3-4-5-6-7-8-9-10-11-12(13)14;1-2-6(3,4)5;/h2-11H2,1H3,(H2,13,14);2H2,1H3,(H,3,4,5);/q;;+1/p-1. The average Bonchev–Trinajstić information content (AvgIpc) is 2.36. The Bertz CT molecular complexity index is 321. The first kappa shape index (κ1) is 26.3. The topological polar surface area (TPSA) is 100 Å². The molecule has 2 N–H and O–H groups in total. The van der Waals surface area contributed by atoms with Gasteiger partial charge in [-0.25, -0.2) is 8.42 Å². The monoisotopic (exact) mass is 331 g/mol. The summed E-state index contributed by atoms with van der Waals surface area (Å²) in [6.07, 6.45) is 12.1. The van der Waals surface area contributed by atoms with E-state index in [2.05, 4.69) is 6.92 Å². The van der Waals surface area contributed by atoms with Gasteiger partial charge in [-0.15, -0.1) is 0 Å². The second kappa shape index (κ2) is 18.4. The van der Waals surface area contributed by atoms with Crippen molar-refractivity contribution in [3.05, 3.63) is 0 Å². The number of primary amides is 1. The zero-order chi connectivity index (χ0) is 15.9. The van der Waals surface area contributed by atoms with E-state index in [0.717, 1.165) is 12.8 Å². The van der Waals surface area contributed by atoms with Crippen molar-refractivity contribution >= 4 is 16.0 Å². The molecule has 7 heteroatoms. The molecule has 0 spiro atoms. The molecular formula is C14H30NNaO4S. The molecule has 0 saturated heterocycles. The Kier molecular flexibility index (Phi) is 23.1. The van der Waals surface area contributed by atoms with Crippen LogP contribution in [-0.2, 0) is 14.9 Å². The van der Waals surface area contributed by atoms with Crippen LogP contribution in [0.1, 0.15) is 78.1 Å². The van der Waals surface area contributed by atoms with Gasteiger partial charge in [0.05, 0.1) is 10.1 Å². The molecule has 0 unspecified atom stereocenters. The molecule has 1 amide bonds. The van der Waals surface area contributed by atoms with E-state index in [1.807, 2.05) is 0 Å². The fourth-order valence-electron chi connectivity index (χ4n) is 1.61. The van der Waals surface area contributed by atoms with Crippen LogP contribution in [0.4, 0.5) is 0 Å². The molecule has 5 nitrogen and oxygen atoms in total. The van der Waals surface area contributed by atoms with E-state index in [4.69, 9.17) is 5.73 Å². The van der Waals surface area contributed by atoms with Crippen LogP contribution in [0, 0.1) is 0 Å². The van der Waals surface area contributed by atoms with E-state index in [-0.39, 0.29) is 41.2 Å². The number of hydrogen-bond acceptors (Lipinski definition) is 4. The molecule has 0 aromatic carbocycles. The van der Waals surface area contributed by atoms with Gasteiger partial charge in [-0.1, -0.05) is 65.2 Å². The quantitative estimate of drug-likeness (QED) is 0.326. The first-order valence-corrected chi connectivity index (χ1v) is 9.13. The van der Waals surface area contributed by atoms with Crippen molar-refractivity contribution in [1.82, 2.24) is 0 Å². The minimum absolute atomic E-state index is 0. The normalized spacial score (nSPS) is 10.2. The Morgan fingerprint density at radius 1 is 0.905 bits per heavy atom. The Balaban J connectivity index is -0.000000394. The Morgan fingerprint density at radius 2 is 1.24 bits per heavy atom. The zero-order valence-electron chi connectivity index (χ0n) is 13.9. The SMILES string of the molecule is CCCCCCCCCCCC(N)=O.CCS(=O)(=O)[O-].[Na+]. The van der Waals surface area contributed by atoms with Gasteiger partial charge >= 0.3 is 29.6 Å². The Labute approximate surface area is 152 Å². The van der Waals surface area contributed by atoms with Gasteiger partial charge in [0.15, 0.2) is 0 Å². The molecule has 0 saturated carbocycles. The van der Waals surface area contributed by atoms with E-state index >= 15 is 0 Å². The van der Waals surface area contributed by atoms with Crippen LogP contribution < -0.4 is 35.3 Å². The molecule has 21 heavy (non-hydrogen) atoms. The number of unbranched alkanes of at least 4 members (excludes halogenated alkanes) is 8. The van der Waals surface area contributed by atoms with Crippen LogP contribution in [0.25, 0.3) is 0 Å². The van der Waals surface area contributed by atoms with Crippen molar-refractivity contribution in [2.45, 2.75) is 78.1 Å². The number of carbonyl (C=O) groups is 1. The van der Waals surface area contributed by atoms with Gasteiger partial charge in [0.2, 0.25) is 5.91 Å². The molecule has 0 atom stereocenters. The van der Waals surface area contributed by atoms with Crippen LogP contribution >= 0.6 is 0 Å². The molecule has 0 fully saturated rings. The smallest absolute Gasteiger partial charge is 0.748 e. The summed E-state index contributed by atoms with van der Waals surface area (Å²) in [6.45, 7) is 3.55. The third-order valence-electron chi connectivity index (χ3n) is 2.88. The summed E-state index contributed by atoms with van der Waals surface area (Å²) in [5, 5.41) is 0. The second-order valence-corrected chi connectivity index (χ2v) is 6.58. The van der Waals surface area contributed by atoms with E-state index in [1.54, 1.807) is 0 Å². The predicted molar refractivity (Wildman–Crippen MR) is 81.3 cm³/mol. The fourth-order valence-corrected chi connectivity index (χ4v) is 1.61. The van der Waals surface area contributed by atoms with Crippen LogP contribution in [0.15, 0.2) is 0 Å². The third kappa shape index (κ3) is 33.3. The minimum Gasteiger partial charge on any atom is -0.748 e. The van der Waals surface area contributed by atoms with Crippen molar-refractivity contribution in [2.75, 3.05) is 5.75 Å². The summed E-state index contributed by atoms with van der Waals surface area (Å²) >= 11 is 0. The van der Waals surface area contributed by atoms with Crippen LogP contribution in [0.5, 0.6) is 0 Å². The molecule has 0 rings (SSSR count). The first-order valence-electron chi connectivity index (χ1n) is 7.55. The van der Waals surface area contributed by atoms with E-state index in [1.165, 1.54) is 51.9 Å². The molecule has 0 bridgehead atoms. The van der Waals surface area contributed by atoms with Crippen LogP contribution in [-0.4, -0.2) is 24.6 Å². The molecule has 0 aliphatic rings. The molecule has 0 aliphatic carbocycles. The minimum atomic E-state index is -3.91. The van der Waals surface area contributed by atoms with Gasteiger partial charge < -0.3 is 10.3 Å². The molecular weight excluding hydrogens is 301 g/mol. The van der Waals surface area contributed by atoms with Gasteiger partial charge in [-0.2, -0.15) is 0 Å². The summed E-state index contributed by atoms with van der Waals surface area (Å²) in [7, 11) is -3.91.